The van der Waals surface area contributed by atoms with Crippen LogP contribution < -0.4 is 9.64 Å². The van der Waals surface area contributed by atoms with Crippen LogP contribution in [0.1, 0.15) is 18.4 Å². The van der Waals surface area contributed by atoms with Gasteiger partial charge in [0.1, 0.15) is 5.75 Å². The first kappa shape index (κ1) is 13.4. The third-order valence-corrected chi connectivity index (χ3v) is 3.94. The fourth-order valence-corrected chi connectivity index (χ4v) is 3.00. The van der Waals surface area contributed by atoms with E-state index in [4.69, 9.17) is 4.74 Å². The van der Waals surface area contributed by atoms with Crippen molar-refractivity contribution in [2.24, 2.45) is 0 Å². The molecule has 1 saturated heterocycles. The molecule has 0 aromatic heterocycles. The van der Waals surface area contributed by atoms with E-state index in [1.54, 1.807) is 0 Å². The highest BCUT2D eigenvalue weighted by Crippen LogP contribution is 2.40. The number of benzene rings is 2. The maximum absolute atomic E-state index is 6.09. The van der Waals surface area contributed by atoms with Crippen LogP contribution >= 0.6 is 12.6 Å². The van der Waals surface area contributed by atoms with Crippen LogP contribution in [0.2, 0.25) is 0 Å². The van der Waals surface area contributed by atoms with Gasteiger partial charge in [-0.2, -0.15) is 0 Å². The maximum Gasteiger partial charge on any atom is 0.164 e. The van der Waals surface area contributed by atoms with Gasteiger partial charge in [-0.15, -0.1) is 12.6 Å². The summed E-state index contributed by atoms with van der Waals surface area (Å²) >= 11 is 4.61. The molecule has 0 unspecified atom stereocenters. The normalized spacial score (nSPS) is 14.6. The highest BCUT2D eigenvalue weighted by molar-refractivity contribution is 7.80. The van der Waals surface area contributed by atoms with Crippen LogP contribution in [0.4, 0.5) is 5.69 Å². The van der Waals surface area contributed by atoms with E-state index in [1.807, 2.05) is 30.3 Å². The van der Waals surface area contributed by atoms with E-state index in [-0.39, 0.29) is 0 Å². The van der Waals surface area contributed by atoms with Crippen molar-refractivity contribution in [3.63, 3.8) is 0 Å². The van der Waals surface area contributed by atoms with Crippen LogP contribution in [0.5, 0.6) is 11.5 Å². The Hall–Kier alpha value is -1.61. The topological polar surface area (TPSA) is 12.5 Å². The molecular formula is C17H19NOS. The van der Waals surface area contributed by atoms with Gasteiger partial charge in [0, 0.05) is 18.0 Å². The van der Waals surface area contributed by atoms with Gasteiger partial charge in [-0.05, 0) is 49.6 Å². The molecule has 0 atom stereocenters. The molecule has 0 aliphatic carbocycles. The van der Waals surface area contributed by atoms with Crippen molar-refractivity contribution in [2.75, 3.05) is 18.0 Å². The monoisotopic (exact) mass is 285 g/mol. The second kappa shape index (κ2) is 5.80. The van der Waals surface area contributed by atoms with Gasteiger partial charge in [-0.3, -0.25) is 0 Å². The molecule has 2 aromatic carbocycles. The molecule has 0 N–H and O–H groups in total. The van der Waals surface area contributed by atoms with Crippen molar-refractivity contribution in [1.29, 1.82) is 0 Å². The van der Waals surface area contributed by atoms with Crippen LogP contribution in [0.3, 0.4) is 0 Å². The van der Waals surface area contributed by atoms with E-state index in [0.717, 1.165) is 35.2 Å². The minimum Gasteiger partial charge on any atom is -0.454 e. The summed E-state index contributed by atoms with van der Waals surface area (Å²) in [7, 11) is 0. The third kappa shape index (κ3) is 2.78. The zero-order valence-electron chi connectivity index (χ0n) is 11.7. The summed E-state index contributed by atoms with van der Waals surface area (Å²) in [5.74, 6) is 1.72. The molecule has 3 rings (SSSR count). The molecule has 104 valence electrons. The zero-order chi connectivity index (χ0) is 13.9. The molecule has 3 heteroatoms. The number of anilines is 1. The largest absolute Gasteiger partial charge is 0.454 e. The van der Waals surface area contributed by atoms with Gasteiger partial charge in [0.2, 0.25) is 0 Å². The van der Waals surface area contributed by atoms with E-state index in [1.165, 1.54) is 18.4 Å². The first-order valence-corrected chi connectivity index (χ1v) is 7.50. The average Bonchev–Trinajstić information content (AvgIpc) is 2.96. The molecule has 0 radical (unpaired) electrons. The molecule has 2 aromatic rings. The molecule has 1 fully saturated rings. The minimum atomic E-state index is 0.854. The van der Waals surface area contributed by atoms with Gasteiger partial charge in [-0.1, -0.05) is 18.2 Å². The summed E-state index contributed by atoms with van der Waals surface area (Å²) in [5, 5.41) is 0. The lowest BCUT2D eigenvalue weighted by molar-refractivity contribution is 0.471. The number of para-hydroxylation sites is 1. The Morgan fingerprint density at radius 3 is 2.45 bits per heavy atom. The Morgan fingerprint density at radius 1 is 1.05 bits per heavy atom. The lowest BCUT2D eigenvalue weighted by atomic mass is 10.2. The lowest BCUT2D eigenvalue weighted by Gasteiger charge is -2.23. The molecule has 1 aliphatic heterocycles. The van der Waals surface area contributed by atoms with Gasteiger partial charge in [0.15, 0.2) is 5.75 Å². The molecule has 0 bridgehead atoms. The fraction of sp³-hybridized carbons (Fsp3) is 0.294. The number of hydrogen-bond donors (Lipinski definition) is 1. The number of aryl methyl sites for hydroxylation is 1. The van der Waals surface area contributed by atoms with E-state index in [2.05, 4.69) is 36.6 Å². The summed E-state index contributed by atoms with van der Waals surface area (Å²) in [6.07, 6.45) is 2.50. The number of thiol groups is 1. The van der Waals surface area contributed by atoms with Crippen molar-refractivity contribution in [2.45, 2.75) is 24.7 Å². The molecule has 0 spiro atoms. The number of hydrogen-bond acceptors (Lipinski definition) is 3. The van der Waals surface area contributed by atoms with Gasteiger partial charge in [0.05, 0.1) is 5.69 Å². The molecule has 2 nitrogen and oxygen atoms in total. The Morgan fingerprint density at radius 2 is 1.75 bits per heavy atom. The first-order valence-electron chi connectivity index (χ1n) is 7.05. The standard InChI is InChI=1S/C17H19NOS/c1-13-11-15(18-9-5-6-10-18)17(16(20)12-13)19-14-7-3-2-4-8-14/h2-4,7-8,11-12,20H,5-6,9-10H2,1H3. The van der Waals surface area contributed by atoms with Gasteiger partial charge in [-0.25, -0.2) is 0 Å². The van der Waals surface area contributed by atoms with E-state index >= 15 is 0 Å². The molecule has 0 amide bonds. The summed E-state index contributed by atoms with van der Waals surface area (Å²) in [6.45, 7) is 4.30. The second-order valence-electron chi connectivity index (χ2n) is 5.24. The molecular weight excluding hydrogens is 266 g/mol. The van der Waals surface area contributed by atoms with Crippen molar-refractivity contribution < 1.29 is 4.74 Å². The zero-order valence-corrected chi connectivity index (χ0v) is 12.6. The molecule has 20 heavy (non-hydrogen) atoms. The van der Waals surface area contributed by atoms with Crippen molar-refractivity contribution in [3.8, 4) is 11.5 Å². The highest BCUT2D eigenvalue weighted by Gasteiger charge is 2.19. The van der Waals surface area contributed by atoms with E-state index in [0.29, 0.717) is 0 Å². The van der Waals surface area contributed by atoms with Crippen molar-refractivity contribution in [3.05, 3.63) is 48.0 Å². The van der Waals surface area contributed by atoms with E-state index < -0.39 is 0 Å². The average molecular weight is 285 g/mol. The Labute approximate surface area is 125 Å². The predicted octanol–water partition coefficient (Wildman–Crippen LogP) is 4.68. The van der Waals surface area contributed by atoms with Gasteiger partial charge < -0.3 is 9.64 Å². The summed E-state index contributed by atoms with van der Waals surface area (Å²) in [5.41, 5.74) is 2.38. The van der Waals surface area contributed by atoms with Crippen LogP contribution in [-0.4, -0.2) is 13.1 Å². The van der Waals surface area contributed by atoms with E-state index in [9.17, 15) is 0 Å². The Bertz CT molecular complexity index is 591. The summed E-state index contributed by atoms with van der Waals surface area (Å²) in [4.78, 5) is 3.29. The van der Waals surface area contributed by atoms with Gasteiger partial charge in [0.25, 0.3) is 0 Å². The van der Waals surface area contributed by atoms with Crippen molar-refractivity contribution >= 4 is 18.3 Å². The van der Waals surface area contributed by atoms with Crippen molar-refractivity contribution in [1.82, 2.24) is 0 Å². The molecule has 0 saturated carbocycles. The number of rotatable bonds is 3. The Kier molecular flexibility index (Phi) is 3.88. The Balaban J connectivity index is 1.99. The number of nitrogens with zero attached hydrogens (tertiary/aromatic N) is 1. The second-order valence-corrected chi connectivity index (χ2v) is 5.72. The van der Waals surface area contributed by atoms with Crippen LogP contribution in [0.25, 0.3) is 0 Å². The molecule has 1 aliphatic rings. The highest BCUT2D eigenvalue weighted by atomic mass is 32.1. The van der Waals surface area contributed by atoms with Gasteiger partial charge >= 0.3 is 0 Å². The lowest BCUT2D eigenvalue weighted by Crippen LogP contribution is -2.18. The third-order valence-electron chi connectivity index (χ3n) is 3.60. The van der Waals surface area contributed by atoms with Crippen LogP contribution in [-0.2, 0) is 0 Å². The predicted molar refractivity (Wildman–Crippen MR) is 86.4 cm³/mol. The summed E-state index contributed by atoms with van der Waals surface area (Å²) in [6, 6.07) is 14.2. The quantitative estimate of drug-likeness (QED) is 0.822. The smallest absolute Gasteiger partial charge is 0.164 e. The molecule has 1 heterocycles. The van der Waals surface area contributed by atoms with Crippen LogP contribution in [0, 0.1) is 6.92 Å². The maximum atomic E-state index is 6.09. The van der Waals surface area contributed by atoms with Crippen LogP contribution in [0.15, 0.2) is 47.4 Å². The minimum absolute atomic E-state index is 0.854. The first-order chi connectivity index (χ1) is 9.74. The number of ether oxygens (including phenoxy) is 1. The SMILES string of the molecule is Cc1cc(S)c(Oc2ccccc2)c(N2CCCC2)c1. The summed E-state index contributed by atoms with van der Waals surface area (Å²) < 4.78 is 6.09. The fourth-order valence-electron chi connectivity index (χ4n) is 2.64.